The predicted molar refractivity (Wildman–Crippen MR) is 143 cm³/mol. The van der Waals surface area contributed by atoms with Gasteiger partial charge in [-0.2, -0.15) is 18.2 Å². The van der Waals surface area contributed by atoms with Gasteiger partial charge in [-0.15, -0.1) is 0 Å². The molecular formula is C28H29F3N6O4. The summed E-state index contributed by atoms with van der Waals surface area (Å²) in [7, 11) is 1.42. The van der Waals surface area contributed by atoms with Gasteiger partial charge in [0.2, 0.25) is 0 Å². The number of aryl methyl sites for hydroxylation is 1. The average molecular weight is 571 g/mol. The van der Waals surface area contributed by atoms with E-state index >= 15 is 0 Å². The summed E-state index contributed by atoms with van der Waals surface area (Å²) in [6.45, 7) is 1.57. The summed E-state index contributed by atoms with van der Waals surface area (Å²) in [4.78, 5) is 45.4. The Labute approximate surface area is 233 Å². The minimum Gasteiger partial charge on any atom is -0.364 e. The highest BCUT2D eigenvalue weighted by atomic mass is 19.4. The number of halogens is 3. The van der Waals surface area contributed by atoms with E-state index in [1.165, 1.54) is 13.1 Å². The lowest BCUT2D eigenvalue weighted by atomic mass is 9.87. The second kappa shape index (κ2) is 12.3. The molecule has 1 aromatic carbocycles. The lowest BCUT2D eigenvalue weighted by Crippen LogP contribution is -2.31. The Balaban J connectivity index is 1.73. The number of amides is 3. The van der Waals surface area contributed by atoms with Crippen molar-refractivity contribution in [1.82, 2.24) is 25.8 Å². The second-order valence-electron chi connectivity index (χ2n) is 9.68. The zero-order valence-electron chi connectivity index (χ0n) is 22.5. The van der Waals surface area contributed by atoms with Gasteiger partial charge in [0.05, 0.1) is 22.4 Å². The Bertz CT molecular complexity index is 1540. The molecule has 3 aromatic rings. The Morgan fingerprint density at radius 1 is 1.12 bits per heavy atom. The van der Waals surface area contributed by atoms with Gasteiger partial charge < -0.3 is 20.9 Å². The molecule has 1 aliphatic carbocycles. The minimum atomic E-state index is -4.74. The van der Waals surface area contributed by atoms with Gasteiger partial charge in [-0.05, 0) is 56.2 Å². The number of fused-ring (bicyclic) bond motifs is 1. The molecular weight excluding hydrogens is 541 g/mol. The predicted octanol–water partition coefficient (Wildman–Crippen LogP) is 4.39. The first-order valence-electron chi connectivity index (χ1n) is 13.0. The normalized spacial score (nSPS) is 19.4. The van der Waals surface area contributed by atoms with Crippen LogP contribution in [0, 0.1) is 5.92 Å². The Hall–Kier alpha value is -4.55. The number of nitrogens with one attached hydrogen (secondary N) is 2. The Morgan fingerprint density at radius 2 is 1.88 bits per heavy atom. The second-order valence-corrected chi connectivity index (χ2v) is 9.68. The van der Waals surface area contributed by atoms with Crippen molar-refractivity contribution >= 4 is 28.6 Å². The first-order chi connectivity index (χ1) is 19.5. The highest BCUT2D eigenvalue weighted by Crippen LogP contribution is 2.37. The fourth-order valence-corrected chi connectivity index (χ4v) is 4.83. The van der Waals surface area contributed by atoms with Crippen molar-refractivity contribution in [2.75, 3.05) is 7.05 Å². The fraction of sp³-hybridized carbons (Fsp3) is 0.357. The third-order valence-corrected chi connectivity index (χ3v) is 6.99. The number of allylic oxidation sites excluding steroid dienone is 3. The molecule has 0 saturated heterocycles. The van der Waals surface area contributed by atoms with Crippen molar-refractivity contribution in [2.45, 2.75) is 51.6 Å². The maximum atomic E-state index is 14.4. The molecule has 0 radical (unpaired) electrons. The van der Waals surface area contributed by atoms with Crippen molar-refractivity contribution in [3.8, 4) is 0 Å². The summed E-state index contributed by atoms with van der Waals surface area (Å²) in [5.74, 6) is -2.58. The topological polar surface area (TPSA) is 153 Å². The zero-order chi connectivity index (χ0) is 29.7. The number of nitrogens with two attached hydrogens (primary N) is 1. The molecule has 4 N–H and O–H groups in total. The van der Waals surface area contributed by atoms with E-state index in [2.05, 4.69) is 25.8 Å². The van der Waals surface area contributed by atoms with Crippen molar-refractivity contribution in [1.29, 1.82) is 0 Å². The number of nitrogens with zero attached hydrogens (tertiary/aromatic N) is 3. The highest BCUT2D eigenvalue weighted by molar-refractivity contribution is 6.09. The molecule has 10 nitrogen and oxygen atoms in total. The highest BCUT2D eigenvalue weighted by Gasteiger charge is 2.38. The number of benzene rings is 1. The number of alkyl halides is 3. The smallest absolute Gasteiger partial charge is 0.364 e. The number of carbonyl (C=O) groups is 3. The average Bonchev–Trinajstić information content (AvgIpc) is 3.44. The molecule has 0 saturated carbocycles. The molecule has 1 atom stereocenters. The molecule has 41 heavy (non-hydrogen) atoms. The molecule has 3 amide bonds. The first-order valence-corrected chi connectivity index (χ1v) is 13.0. The number of para-hydroxylation sites is 1. The molecule has 0 unspecified atom stereocenters. The lowest BCUT2D eigenvalue weighted by Gasteiger charge is -2.24. The lowest BCUT2D eigenvalue weighted by molar-refractivity contribution is -0.0901. The standard InChI is InChI=1S/C28H29F3N6O4/c1-15-16(12-13-22-35-27(41-37-22)26(40)33-2)8-4-3-5-10-19(28(29,30)31)23(15)36-25(39)18-14-21(24(32)38)34-20-11-7-6-9-17(18)20/h6-7,9-11,14,16H,3-5,8,12-13H2,1-2H3,(H2,32,38)(H,33,40)(H,36,39)/b19-10+,23-15+/t16-/m0/s1. The summed E-state index contributed by atoms with van der Waals surface area (Å²) in [6.07, 6.45) is -1.10. The van der Waals surface area contributed by atoms with E-state index in [1.807, 2.05) is 0 Å². The van der Waals surface area contributed by atoms with E-state index in [1.54, 1.807) is 31.2 Å². The summed E-state index contributed by atoms with van der Waals surface area (Å²) in [5, 5.41) is 9.06. The fourth-order valence-electron chi connectivity index (χ4n) is 4.83. The monoisotopic (exact) mass is 570 g/mol. The Morgan fingerprint density at radius 3 is 2.59 bits per heavy atom. The summed E-state index contributed by atoms with van der Waals surface area (Å²) < 4.78 is 48.1. The van der Waals surface area contributed by atoms with E-state index in [9.17, 15) is 27.6 Å². The van der Waals surface area contributed by atoms with Crippen LogP contribution in [0.15, 0.2) is 57.8 Å². The molecule has 0 spiro atoms. The van der Waals surface area contributed by atoms with E-state index in [0.29, 0.717) is 42.2 Å². The molecule has 1 aliphatic rings. The molecule has 216 valence electrons. The van der Waals surface area contributed by atoms with Crippen molar-refractivity contribution in [3.05, 3.63) is 76.2 Å². The van der Waals surface area contributed by atoms with Crippen LogP contribution in [0.3, 0.4) is 0 Å². The van der Waals surface area contributed by atoms with E-state index in [0.717, 1.165) is 6.08 Å². The van der Waals surface area contributed by atoms with Crippen LogP contribution in [0.25, 0.3) is 10.9 Å². The maximum absolute atomic E-state index is 14.4. The van der Waals surface area contributed by atoms with Crippen LogP contribution in [-0.2, 0) is 6.42 Å². The van der Waals surface area contributed by atoms with Gasteiger partial charge in [-0.25, -0.2) is 4.98 Å². The van der Waals surface area contributed by atoms with Gasteiger partial charge >= 0.3 is 18.0 Å². The van der Waals surface area contributed by atoms with Crippen LogP contribution in [0.4, 0.5) is 13.2 Å². The van der Waals surface area contributed by atoms with Gasteiger partial charge in [-0.3, -0.25) is 14.4 Å². The van der Waals surface area contributed by atoms with E-state index < -0.39 is 29.5 Å². The third-order valence-electron chi connectivity index (χ3n) is 6.99. The molecule has 4 rings (SSSR count). The summed E-state index contributed by atoms with van der Waals surface area (Å²) in [5.41, 5.74) is 4.55. The van der Waals surface area contributed by atoms with Gasteiger partial charge in [-0.1, -0.05) is 35.9 Å². The van der Waals surface area contributed by atoms with Crippen LogP contribution >= 0.6 is 0 Å². The van der Waals surface area contributed by atoms with Crippen molar-refractivity contribution in [2.24, 2.45) is 11.7 Å². The zero-order valence-corrected chi connectivity index (χ0v) is 22.5. The maximum Gasteiger partial charge on any atom is 0.418 e. The first kappa shape index (κ1) is 29.4. The molecule has 2 aromatic heterocycles. The third kappa shape index (κ3) is 6.79. The van der Waals surface area contributed by atoms with E-state index in [-0.39, 0.29) is 47.4 Å². The molecule has 0 aliphatic heterocycles. The molecule has 0 bridgehead atoms. The van der Waals surface area contributed by atoms with Crippen LogP contribution in [0.5, 0.6) is 0 Å². The van der Waals surface area contributed by atoms with Crippen LogP contribution in [0.1, 0.15) is 76.4 Å². The molecule has 2 heterocycles. The van der Waals surface area contributed by atoms with Gasteiger partial charge in [0.1, 0.15) is 5.69 Å². The Kier molecular flexibility index (Phi) is 8.84. The number of carbonyl (C=O) groups excluding carboxylic acids is 3. The van der Waals surface area contributed by atoms with E-state index in [4.69, 9.17) is 10.3 Å². The molecule has 0 fully saturated rings. The van der Waals surface area contributed by atoms with Crippen LogP contribution in [-0.4, -0.2) is 46.1 Å². The number of rotatable bonds is 7. The quantitative estimate of drug-likeness (QED) is 0.381. The van der Waals surface area contributed by atoms with Crippen LogP contribution < -0.4 is 16.4 Å². The number of hydrogen-bond acceptors (Lipinski definition) is 7. The summed E-state index contributed by atoms with van der Waals surface area (Å²) >= 11 is 0. The number of aromatic nitrogens is 3. The number of primary amides is 1. The minimum absolute atomic E-state index is 0.0313. The van der Waals surface area contributed by atoms with Gasteiger partial charge in [0.15, 0.2) is 5.82 Å². The van der Waals surface area contributed by atoms with Crippen molar-refractivity contribution in [3.63, 3.8) is 0 Å². The van der Waals surface area contributed by atoms with Crippen LogP contribution in [0.2, 0.25) is 0 Å². The summed E-state index contributed by atoms with van der Waals surface area (Å²) in [6, 6.07) is 7.66. The largest absolute Gasteiger partial charge is 0.418 e. The van der Waals surface area contributed by atoms with Gasteiger partial charge in [0.25, 0.3) is 11.8 Å². The molecule has 13 heteroatoms. The van der Waals surface area contributed by atoms with Gasteiger partial charge in [0, 0.05) is 18.9 Å². The number of pyridine rings is 1. The SMILES string of the molecule is CNC(=O)c1nc(CC[C@@H]2CCCC/C=C(C(F)(F)F)\C(NC(=O)c3cc(C(N)=O)nc4ccccc34)=C/2C)no1. The van der Waals surface area contributed by atoms with Crippen molar-refractivity contribution < 1.29 is 32.1 Å². The number of hydrogen-bond donors (Lipinski definition) is 3.